The molecule has 1 heterocycles. The van der Waals surface area contributed by atoms with Crippen LogP contribution in [-0.4, -0.2) is 24.2 Å². The van der Waals surface area contributed by atoms with E-state index >= 15 is 0 Å². The molecule has 0 bridgehead atoms. The molecule has 0 saturated carbocycles. The molecule has 0 aliphatic carbocycles. The van der Waals surface area contributed by atoms with Gasteiger partial charge in [0.1, 0.15) is 30.3 Å². The number of esters is 2. The van der Waals surface area contributed by atoms with Crippen molar-refractivity contribution in [3.63, 3.8) is 0 Å². The minimum atomic E-state index is -0.553. The van der Waals surface area contributed by atoms with E-state index in [4.69, 9.17) is 18.7 Å². The molecule has 3 aromatic rings. The third-order valence-corrected chi connectivity index (χ3v) is 4.59. The lowest BCUT2D eigenvalue weighted by molar-refractivity contribution is -0.144. The second-order valence-corrected chi connectivity index (χ2v) is 6.74. The number of hydrogen-bond donors (Lipinski definition) is 0. The molecule has 30 heavy (non-hydrogen) atoms. The maximum Gasteiger partial charge on any atom is 0.341 e. The van der Waals surface area contributed by atoms with Gasteiger partial charge in [-0.3, -0.25) is 4.79 Å². The van der Waals surface area contributed by atoms with Gasteiger partial charge in [0.2, 0.25) is 0 Å². The molecule has 0 N–H and O–H groups in total. The van der Waals surface area contributed by atoms with E-state index < -0.39 is 5.97 Å². The summed E-state index contributed by atoms with van der Waals surface area (Å²) in [5, 5.41) is 3.89. The Labute approximate surface area is 174 Å². The van der Waals surface area contributed by atoms with E-state index in [1.165, 1.54) is 7.11 Å². The van der Waals surface area contributed by atoms with Crippen LogP contribution in [0.5, 0.6) is 5.75 Å². The highest BCUT2D eigenvalue weighted by molar-refractivity contribution is 5.93. The van der Waals surface area contributed by atoms with Crippen LogP contribution < -0.4 is 4.74 Å². The van der Waals surface area contributed by atoms with E-state index in [0.717, 1.165) is 16.8 Å². The number of aryl methyl sites for hydroxylation is 2. The molecule has 0 fully saturated rings. The molecule has 0 atom stereocenters. The van der Waals surface area contributed by atoms with Crippen molar-refractivity contribution in [3.05, 3.63) is 82.2 Å². The van der Waals surface area contributed by atoms with Crippen LogP contribution in [0.2, 0.25) is 0 Å². The number of carbonyl (C=O) groups excluding carboxylic acids is 2. The largest absolute Gasteiger partial charge is 0.488 e. The third kappa shape index (κ3) is 5.26. The topological polar surface area (TPSA) is 87.9 Å². The minimum Gasteiger partial charge on any atom is -0.488 e. The molecular weight excluding hydrogens is 386 g/mol. The zero-order chi connectivity index (χ0) is 21.5. The first-order valence-corrected chi connectivity index (χ1v) is 9.43. The Morgan fingerprint density at radius 1 is 1.00 bits per heavy atom. The molecule has 7 heteroatoms. The summed E-state index contributed by atoms with van der Waals surface area (Å²) in [6, 6.07) is 14.4. The number of aromatic nitrogens is 1. The van der Waals surface area contributed by atoms with Gasteiger partial charge in [0.05, 0.1) is 24.8 Å². The van der Waals surface area contributed by atoms with E-state index in [-0.39, 0.29) is 31.2 Å². The number of methoxy groups -OCH3 is 1. The van der Waals surface area contributed by atoms with Crippen LogP contribution in [0.15, 0.2) is 53.1 Å². The number of benzene rings is 2. The van der Waals surface area contributed by atoms with Crippen molar-refractivity contribution >= 4 is 11.9 Å². The smallest absolute Gasteiger partial charge is 0.341 e. The van der Waals surface area contributed by atoms with Gasteiger partial charge in [-0.05, 0) is 37.1 Å². The summed E-state index contributed by atoms with van der Waals surface area (Å²) in [5.41, 5.74) is 3.31. The van der Waals surface area contributed by atoms with Crippen LogP contribution in [0.4, 0.5) is 0 Å². The Kier molecular flexibility index (Phi) is 6.85. The Morgan fingerprint density at radius 3 is 2.43 bits per heavy atom. The Bertz CT molecular complexity index is 1010. The maximum absolute atomic E-state index is 12.2. The first kappa shape index (κ1) is 21.1. The lowest BCUT2D eigenvalue weighted by Crippen LogP contribution is -2.11. The zero-order valence-corrected chi connectivity index (χ0v) is 17.1. The summed E-state index contributed by atoms with van der Waals surface area (Å²) < 4.78 is 21.1. The van der Waals surface area contributed by atoms with Gasteiger partial charge in [-0.1, -0.05) is 41.6 Å². The molecule has 0 saturated heterocycles. The van der Waals surface area contributed by atoms with Gasteiger partial charge in [-0.2, -0.15) is 0 Å². The summed E-state index contributed by atoms with van der Waals surface area (Å²) in [4.78, 5) is 24.4. The monoisotopic (exact) mass is 409 g/mol. The molecule has 0 radical (unpaired) electrons. The molecule has 0 aliphatic heterocycles. The van der Waals surface area contributed by atoms with Crippen LogP contribution in [-0.2, 0) is 33.9 Å². The number of nitrogens with zero attached hydrogens (tertiary/aromatic N) is 1. The average Bonchev–Trinajstić information content (AvgIpc) is 3.08. The number of ether oxygens (including phenoxy) is 3. The molecule has 156 valence electrons. The lowest BCUT2D eigenvalue weighted by Gasteiger charge is -2.12. The molecule has 0 amide bonds. The summed E-state index contributed by atoms with van der Waals surface area (Å²) in [7, 11) is 1.29. The highest BCUT2D eigenvalue weighted by Gasteiger charge is 2.17. The van der Waals surface area contributed by atoms with Crippen LogP contribution in [0.3, 0.4) is 0 Å². The first-order chi connectivity index (χ1) is 14.5. The van der Waals surface area contributed by atoms with Crippen molar-refractivity contribution in [1.29, 1.82) is 0 Å². The van der Waals surface area contributed by atoms with Crippen molar-refractivity contribution in [3.8, 4) is 5.75 Å². The van der Waals surface area contributed by atoms with E-state index in [1.807, 2.05) is 37.3 Å². The predicted octanol–water partition coefficient (Wildman–Crippen LogP) is 3.94. The minimum absolute atomic E-state index is 0.0287. The van der Waals surface area contributed by atoms with E-state index in [0.29, 0.717) is 17.1 Å². The van der Waals surface area contributed by atoms with Gasteiger partial charge in [-0.25, -0.2) is 4.79 Å². The highest BCUT2D eigenvalue weighted by atomic mass is 16.5. The maximum atomic E-state index is 12.2. The van der Waals surface area contributed by atoms with Gasteiger partial charge in [0, 0.05) is 0 Å². The van der Waals surface area contributed by atoms with Crippen LogP contribution >= 0.6 is 0 Å². The van der Waals surface area contributed by atoms with E-state index in [2.05, 4.69) is 5.16 Å². The van der Waals surface area contributed by atoms with Crippen LogP contribution in [0, 0.1) is 13.8 Å². The van der Waals surface area contributed by atoms with Crippen molar-refractivity contribution in [2.45, 2.75) is 33.5 Å². The second-order valence-electron chi connectivity index (χ2n) is 6.74. The molecule has 2 aromatic carbocycles. The van der Waals surface area contributed by atoms with Crippen LogP contribution in [0.25, 0.3) is 0 Å². The second kappa shape index (κ2) is 9.73. The summed E-state index contributed by atoms with van der Waals surface area (Å²) >= 11 is 0. The van der Waals surface area contributed by atoms with Gasteiger partial charge >= 0.3 is 11.9 Å². The molecule has 0 spiro atoms. The standard InChI is InChI=1S/C23H23NO6/c1-15-20(16(2)30-24-15)14-28-21-10-9-18(11-19(21)23(26)27-3)12-22(25)29-13-17-7-5-4-6-8-17/h4-11H,12-14H2,1-3H3. The fraction of sp³-hybridized carbons (Fsp3) is 0.261. The Balaban J connectivity index is 1.69. The highest BCUT2D eigenvalue weighted by Crippen LogP contribution is 2.24. The molecule has 3 rings (SSSR count). The van der Waals surface area contributed by atoms with Gasteiger partial charge < -0.3 is 18.7 Å². The number of rotatable bonds is 8. The molecule has 0 aliphatic rings. The predicted molar refractivity (Wildman–Crippen MR) is 108 cm³/mol. The van der Waals surface area contributed by atoms with E-state index in [9.17, 15) is 9.59 Å². The summed E-state index contributed by atoms with van der Waals surface area (Å²) in [6.45, 7) is 4.01. The van der Waals surface area contributed by atoms with Crippen molar-refractivity contribution in [1.82, 2.24) is 5.16 Å². The van der Waals surface area contributed by atoms with Gasteiger partial charge in [-0.15, -0.1) is 0 Å². The van der Waals surface area contributed by atoms with Crippen molar-refractivity contribution in [2.75, 3.05) is 7.11 Å². The lowest BCUT2D eigenvalue weighted by atomic mass is 10.1. The summed E-state index contributed by atoms with van der Waals surface area (Å²) in [5.74, 6) is 0.0653. The van der Waals surface area contributed by atoms with Crippen LogP contribution in [0.1, 0.15) is 38.5 Å². The molecule has 0 unspecified atom stereocenters. The Morgan fingerprint density at radius 2 is 1.77 bits per heavy atom. The van der Waals surface area contributed by atoms with Crippen molar-refractivity contribution in [2.24, 2.45) is 0 Å². The normalized spacial score (nSPS) is 10.5. The van der Waals surface area contributed by atoms with E-state index in [1.54, 1.807) is 25.1 Å². The first-order valence-electron chi connectivity index (χ1n) is 9.43. The summed E-state index contributed by atoms with van der Waals surface area (Å²) in [6.07, 6.45) is 0.0287. The fourth-order valence-corrected chi connectivity index (χ4v) is 2.90. The Hall–Kier alpha value is -3.61. The van der Waals surface area contributed by atoms with Crippen molar-refractivity contribution < 1.29 is 28.3 Å². The zero-order valence-electron chi connectivity index (χ0n) is 17.1. The van der Waals surface area contributed by atoms with Gasteiger partial charge in [0.15, 0.2) is 0 Å². The SMILES string of the molecule is COC(=O)c1cc(CC(=O)OCc2ccccc2)ccc1OCc1c(C)noc1C. The molecule has 7 nitrogen and oxygen atoms in total. The average molecular weight is 409 g/mol. The quantitative estimate of drug-likeness (QED) is 0.521. The van der Waals surface area contributed by atoms with Gasteiger partial charge in [0.25, 0.3) is 0 Å². The molecule has 1 aromatic heterocycles. The molecular formula is C23H23NO6. The number of carbonyl (C=O) groups is 2. The fourth-order valence-electron chi connectivity index (χ4n) is 2.90. The number of hydrogen-bond acceptors (Lipinski definition) is 7. The third-order valence-electron chi connectivity index (χ3n) is 4.59.